The number of hydrogen-bond acceptors (Lipinski definition) is 9. The van der Waals surface area contributed by atoms with E-state index in [0.29, 0.717) is 6.42 Å². The molecule has 254 valence electrons. The molecule has 1 aliphatic rings. The number of primary amides is 1. The van der Waals surface area contributed by atoms with Gasteiger partial charge in [-0.15, -0.1) is 0 Å². The predicted octanol–water partition coefficient (Wildman–Crippen LogP) is -2.08. The van der Waals surface area contributed by atoms with Gasteiger partial charge in [-0.3, -0.25) is 34.0 Å². The van der Waals surface area contributed by atoms with Gasteiger partial charge in [0.15, 0.2) is 11.9 Å². The van der Waals surface area contributed by atoms with Gasteiger partial charge in [0.1, 0.15) is 24.2 Å². The molecule has 47 heavy (non-hydrogen) atoms. The minimum atomic E-state index is -1.13. The van der Waals surface area contributed by atoms with Gasteiger partial charge >= 0.3 is 0 Å². The van der Waals surface area contributed by atoms with Gasteiger partial charge in [0.25, 0.3) is 0 Å². The highest BCUT2D eigenvalue weighted by Crippen LogP contribution is 2.24. The summed E-state index contributed by atoms with van der Waals surface area (Å²) in [5.74, 6) is -3.33. The van der Waals surface area contributed by atoms with Crippen molar-refractivity contribution in [3.05, 3.63) is 48.0 Å². The number of carbonyl (C=O) groups is 5. The summed E-state index contributed by atoms with van der Waals surface area (Å²) in [7, 11) is 2.37. The third-order valence-corrected chi connectivity index (χ3v) is 9.38. The summed E-state index contributed by atoms with van der Waals surface area (Å²) in [6.07, 6.45) is 0.407. The van der Waals surface area contributed by atoms with Crippen LogP contribution in [-0.2, 0) is 30.4 Å². The van der Waals surface area contributed by atoms with Crippen LogP contribution in [0.4, 0.5) is 0 Å². The van der Waals surface area contributed by atoms with Crippen LogP contribution in [0.1, 0.15) is 24.8 Å². The first kappa shape index (κ1) is 36.8. The quantitative estimate of drug-likeness (QED) is 0.0535. The Morgan fingerprint density at radius 1 is 0.787 bits per heavy atom. The SMILES string of the molecule is NC(=O)[C@@H]1CSSC[C@@H](NC(=O)CCN=C(N)N)C(=O)N[C@@H](CCCN=C(N)N)C(=O)N[C@H](Cc2ccc3ccccc3c2)C(=O)N1. The molecular formula is C29H41N11O5S2. The molecule has 0 aliphatic carbocycles. The Hall–Kier alpha value is -4.71. The number of rotatable bonds is 11. The van der Waals surface area contributed by atoms with Crippen LogP contribution in [0.5, 0.6) is 0 Å². The molecule has 16 nitrogen and oxygen atoms in total. The summed E-state index contributed by atoms with van der Waals surface area (Å²) in [4.78, 5) is 73.5. The van der Waals surface area contributed by atoms with E-state index in [1.807, 2.05) is 42.5 Å². The standard InChI is InChI=1S/C29H41N11O5S2/c30-24(42)21-14-46-47-15-22(37-23(41)9-11-36-29(33)34)27(45)38-19(6-3-10-35-28(31)32)25(43)39-20(26(44)40-21)13-16-7-8-17-4-1-2-5-18(17)12-16/h1-2,4-5,7-8,12,19-22H,3,6,9-11,13-15H2,(H2,30,42)(H,37,41)(H,38,45)(H,39,43)(H,40,44)(H4,31,32,35)(H4,33,34,36)/t19-,20+,21-,22+/m0/s1. The normalized spacial score (nSPS) is 20.9. The maximum atomic E-state index is 13.7. The number of carbonyl (C=O) groups excluding carboxylic acids is 5. The van der Waals surface area contributed by atoms with E-state index in [1.165, 1.54) is 21.6 Å². The molecule has 14 N–H and O–H groups in total. The Kier molecular flexibility index (Phi) is 14.4. The van der Waals surface area contributed by atoms with Crippen LogP contribution >= 0.6 is 21.6 Å². The first-order valence-electron chi connectivity index (χ1n) is 14.8. The predicted molar refractivity (Wildman–Crippen MR) is 185 cm³/mol. The van der Waals surface area contributed by atoms with E-state index in [9.17, 15) is 24.0 Å². The molecule has 3 rings (SSSR count). The lowest BCUT2D eigenvalue weighted by Gasteiger charge is -2.27. The average Bonchev–Trinajstić information content (AvgIpc) is 3.01. The summed E-state index contributed by atoms with van der Waals surface area (Å²) >= 11 is 0. The first-order chi connectivity index (χ1) is 22.4. The lowest BCUT2D eigenvalue weighted by Crippen LogP contribution is -2.59. The number of guanidine groups is 2. The number of nitrogens with zero attached hydrogens (tertiary/aromatic N) is 2. The minimum Gasteiger partial charge on any atom is -0.370 e. The van der Waals surface area contributed by atoms with Gasteiger partial charge in [0.2, 0.25) is 29.5 Å². The number of hydrogen-bond donors (Lipinski definition) is 9. The fraction of sp³-hybridized carbons (Fsp3) is 0.414. The fourth-order valence-corrected chi connectivity index (χ4v) is 6.90. The summed E-state index contributed by atoms with van der Waals surface area (Å²) in [6.45, 7) is 0.194. The molecule has 5 amide bonds. The molecule has 18 heteroatoms. The van der Waals surface area contributed by atoms with E-state index in [-0.39, 0.29) is 55.8 Å². The lowest BCUT2D eigenvalue weighted by molar-refractivity contribution is -0.134. The zero-order valence-electron chi connectivity index (χ0n) is 25.6. The molecular weight excluding hydrogens is 647 g/mol. The Balaban J connectivity index is 1.90. The first-order valence-corrected chi connectivity index (χ1v) is 17.2. The summed E-state index contributed by atoms with van der Waals surface area (Å²) in [5, 5.41) is 12.7. The fourth-order valence-electron chi connectivity index (χ4n) is 4.56. The minimum absolute atomic E-state index is 0.0127. The second kappa shape index (κ2) is 18.4. The van der Waals surface area contributed by atoms with Crippen molar-refractivity contribution < 1.29 is 24.0 Å². The summed E-state index contributed by atoms with van der Waals surface area (Å²) in [6, 6.07) is 8.97. The number of nitrogens with two attached hydrogens (primary N) is 5. The highest BCUT2D eigenvalue weighted by atomic mass is 33.1. The molecule has 1 fully saturated rings. The maximum Gasteiger partial charge on any atom is 0.244 e. The molecule has 0 radical (unpaired) electrons. The van der Waals surface area contributed by atoms with Crippen LogP contribution in [0.25, 0.3) is 10.8 Å². The lowest BCUT2D eigenvalue weighted by atomic mass is 10.00. The van der Waals surface area contributed by atoms with Gasteiger partial charge < -0.3 is 49.9 Å². The van der Waals surface area contributed by atoms with Gasteiger partial charge in [0, 0.05) is 30.9 Å². The second-order valence-electron chi connectivity index (χ2n) is 10.7. The average molecular weight is 688 g/mol. The molecule has 1 heterocycles. The Bertz CT molecular complexity index is 1500. The number of aliphatic imine (C=N–C) groups is 2. The summed E-state index contributed by atoms with van der Waals surface area (Å²) in [5.41, 5.74) is 27.9. The van der Waals surface area contributed by atoms with Crippen molar-refractivity contribution in [2.75, 3.05) is 24.6 Å². The monoisotopic (exact) mass is 687 g/mol. The van der Waals surface area contributed by atoms with E-state index in [2.05, 4.69) is 31.3 Å². The number of benzene rings is 2. The van der Waals surface area contributed by atoms with E-state index in [1.54, 1.807) is 0 Å². The van der Waals surface area contributed by atoms with Gasteiger partial charge in [0.05, 0.1) is 6.54 Å². The van der Waals surface area contributed by atoms with Crippen molar-refractivity contribution in [1.29, 1.82) is 0 Å². The van der Waals surface area contributed by atoms with Crippen LogP contribution < -0.4 is 49.9 Å². The molecule has 2 aromatic carbocycles. The highest BCUT2D eigenvalue weighted by Gasteiger charge is 2.32. The number of fused-ring (bicyclic) bond motifs is 1. The molecule has 0 saturated carbocycles. The molecule has 0 unspecified atom stereocenters. The van der Waals surface area contributed by atoms with Crippen molar-refractivity contribution in [1.82, 2.24) is 21.3 Å². The van der Waals surface area contributed by atoms with Gasteiger partial charge in [-0.2, -0.15) is 0 Å². The van der Waals surface area contributed by atoms with Crippen LogP contribution in [0.15, 0.2) is 52.4 Å². The van der Waals surface area contributed by atoms with Gasteiger partial charge in [-0.05, 0) is 29.2 Å². The van der Waals surface area contributed by atoms with E-state index in [4.69, 9.17) is 28.7 Å². The molecule has 4 atom stereocenters. The molecule has 0 aromatic heterocycles. The molecule has 2 aromatic rings. The van der Waals surface area contributed by atoms with Crippen molar-refractivity contribution in [2.45, 2.75) is 49.9 Å². The zero-order chi connectivity index (χ0) is 34.3. The van der Waals surface area contributed by atoms with Crippen LogP contribution in [-0.4, -0.2) is 90.2 Å². The largest absolute Gasteiger partial charge is 0.370 e. The molecule has 1 aliphatic heterocycles. The van der Waals surface area contributed by atoms with Crippen LogP contribution in [0.3, 0.4) is 0 Å². The Labute approximate surface area is 279 Å². The van der Waals surface area contributed by atoms with Crippen molar-refractivity contribution in [2.24, 2.45) is 38.7 Å². The number of nitrogens with one attached hydrogen (secondary N) is 4. The second-order valence-corrected chi connectivity index (χ2v) is 13.2. The smallest absolute Gasteiger partial charge is 0.244 e. The third kappa shape index (κ3) is 12.5. The van der Waals surface area contributed by atoms with Crippen molar-refractivity contribution in [3.8, 4) is 0 Å². The molecule has 0 spiro atoms. The molecule has 1 saturated heterocycles. The zero-order valence-corrected chi connectivity index (χ0v) is 27.3. The maximum absolute atomic E-state index is 13.7. The van der Waals surface area contributed by atoms with Gasteiger partial charge in [-0.1, -0.05) is 64.1 Å². The summed E-state index contributed by atoms with van der Waals surface area (Å²) < 4.78 is 0. The number of amides is 5. The topological polar surface area (TPSA) is 288 Å². The van der Waals surface area contributed by atoms with E-state index in [0.717, 1.165) is 16.3 Å². The van der Waals surface area contributed by atoms with Crippen molar-refractivity contribution >= 4 is 73.8 Å². The third-order valence-electron chi connectivity index (χ3n) is 6.96. The Morgan fingerprint density at radius 3 is 2.13 bits per heavy atom. The molecule has 0 bridgehead atoms. The van der Waals surface area contributed by atoms with E-state index >= 15 is 0 Å². The Morgan fingerprint density at radius 2 is 1.43 bits per heavy atom. The highest BCUT2D eigenvalue weighted by molar-refractivity contribution is 8.76. The van der Waals surface area contributed by atoms with E-state index < -0.39 is 53.7 Å². The van der Waals surface area contributed by atoms with Crippen LogP contribution in [0, 0.1) is 0 Å². The van der Waals surface area contributed by atoms with Crippen LogP contribution in [0.2, 0.25) is 0 Å². The van der Waals surface area contributed by atoms with Crippen molar-refractivity contribution in [3.63, 3.8) is 0 Å². The van der Waals surface area contributed by atoms with Gasteiger partial charge in [-0.25, -0.2) is 0 Å².